The number of halogens is 1. The number of hydrogen-bond donors (Lipinski definition) is 0. The van der Waals surface area contributed by atoms with Crippen molar-refractivity contribution in [2.75, 3.05) is 0 Å². The molecule has 0 bridgehead atoms. The lowest BCUT2D eigenvalue weighted by atomic mass is 10.2. The molecule has 1 aliphatic rings. The largest absolute Gasteiger partial charge is 0.269 e. The van der Waals surface area contributed by atoms with Gasteiger partial charge in [-0.25, -0.2) is 4.98 Å². The molecule has 0 N–H and O–H groups in total. The quantitative estimate of drug-likeness (QED) is 0.720. The van der Waals surface area contributed by atoms with Gasteiger partial charge in [0, 0.05) is 28.2 Å². The van der Waals surface area contributed by atoms with E-state index >= 15 is 0 Å². The first kappa shape index (κ1) is 15.4. The van der Waals surface area contributed by atoms with E-state index in [2.05, 4.69) is 16.2 Å². The van der Waals surface area contributed by atoms with Crippen LogP contribution in [0.3, 0.4) is 0 Å². The summed E-state index contributed by atoms with van der Waals surface area (Å²) in [7, 11) is 0. The fourth-order valence-corrected chi connectivity index (χ4v) is 4.39. The van der Waals surface area contributed by atoms with Crippen LogP contribution in [0.1, 0.15) is 34.3 Å². The summed E-state index contributed by atoms with van der Waals surface area (Å²) in [4.78, 5) is 19.0. The first-order valence-corrected chi connectivity index (χ1v) is 8.79. The van der Waals surface area contributed by atoms with Gasteiger partial charge in [-0.1, -0.05) is 11.6 Å². The summed E-state index contributed by atoms with van der Waals surface area (Å²) in [5.74, 6) is 0.170. The van der Waals surface area contributed by atoms with Gasteiger partial charge >= 0.3 is 0 Å². The van der Waals surface area contributed by atoms with Gasteiger partial charge in [0.15, 0.2) is 10.1 Å². The molecule has 0 spiro atoms. The highest BCUT2D eigenvalue weighted by atomic mass is 35.5. The Morgan fingerprint density at radius 1 is 1.46 bits per heavy atom. The fraction of sp³-hybridized carbons (Fsp3) is 0.375. The van der Waals surface area contributed by atoms with Crippen molar-refractivity contribution < 1.29 is 0 Å². The third kappa shape index (κ3) is 2.43. The van der Waals surface area contributed by atoms with Crippen molar-refractivity contribution >= 4 is 27.9 Å². The van der Waals surface area contributed by atoms with Crippen LogP contribution in [0.15, 0.2) is 16.9 Å². The molecule has 2 unspecified atom stereocenters. The Morgan fingerprint density at radius 3 is 2.88 bits per heavy atom. The molecule has 3 heterocycles. The van der Waals surface area contributed by atoms with Crippen molar-refractivity contribution in [3.63, 3.8) is 0 Å². The minimum absolute atomic E-state index is 0.0157. The van der Waals surface area contributed by atoms with Crippen molar-refractivity contribution in [3.05, 3.63) is 49.6 Å². The summed E-state index contributed by atoms with van der Waals surface area (Å²) in [6, 6.07) is 5.60. The average molecular weight is 360 g/mol. The Bertz CT molecular complexity index is 1060. The molecule has 24 heavy (non-hydrogen) atoms. The smallest absolute Gasteiger partial charge is 0.259 e. The molecule has 0 aromatic carbocycles. The van der Waals surface area contributed by atoms with Gasteiger partial charge in [-0.2, -0.15) is 10.4 Å². The van der Waals surface area contributed by atoms with Gasteiger partial charge in [-0.15, -0.1) is 11.3 Å². The van der Waals surface area contributed by atoms with E-state index in [4.69, 9.17) is 16.9 Å². The molecule has 2 atom stereocenters. The number of rotatable bonds is 3. The second-order valence-corrected chi connectivity index (χ2v) is 7.66. The monoisotopic (exact) mass is 359 g/mol. The third-order valence-corrected chi connectivity index (χ3v) is 5.51. The first-order valence-electron chi connectivity index (χ1n) is 7.59. The topological polar surface area (TPSA) is 76.0 Å². The number of aromatic nitrogens is 4. The molecule has 3 aromatic heterocycles. The second-order valence-electron chi connectivity index (χ2n) is 6.09. The summed E-state index contributed by atoms with van der Waals surface area (Å²) >= 11 is 7.40. The van der Waals surface area contributed by atoms with E-state index < -0.39 is 0 Å². The van der Waals surface area contributed by atoms with Crippen LogP contribution in [0.25, 0.3) is 4.96 Å². The Hall–Kier alpha value is -2.17. The van der Waals surface area contributed by atoms with Gasteiger partial charge in [0.1, 0.15) is 0 Å². The van der Waals surface area contributed by atoms with Crippen LogP contribution in [-0.4, -0.2) is 19.2 Å². The molecule has 0 amide bonds. The molecule has 0 aliphatic heterocycles. The van der Waals surface area contributed by atoms with Crippen LogP contribution >= 0.6 is 22.9 Å². The first-order chi connectivity index (χ1) is 11.5. The molecule has 1 aliphatic carbocycles. The van der Waals surface area contributed by atoms with Crippen LogP contribution in [0, 0.1) is 31.1 Å². The van der Waals surface area contributed by atoms with Crippen molar-refractivity contribution in [3.8, 4) is 6.07 Å². The molecule has 4 rings (SSSR count). The Balaban J connectivity index is 1.78. The molecular formula is C16H14ClN5OS. The standard InChI is InChI=1S/C16H14ClN5OS/c1-8-3-13(17)20-21(8)7-11-5-14(23)22-15(12-4-10(12)6-18)9(2)24-16(22)19-11/h3,5,10,12H,4,7H2,1-2H3. The molecule has 1 fully saturated rings. The molecule has 0 radical (unpaired) electrons. The number of hydrogen-bond acceptors (Lipinski definition) is 5. The predicted molar refractivity (Wildman–Crippen MR) is 91.6 cm³/mol. The Labute approximate surface area is 146 Å². The summed E-state index contributed by atoms with van der Waals surface area (Å²) in [5, 5.41) is 13.7. The Morgan fingerprint density at radius 2 is 2.25 bits per heavy atom. The zero-order valence-corrected chi connectivity index (χ0v) is 14.7. The molecule has 122 valence electrons. The highest BCUT2D eigenvalue weighted by Crippen LogP contribution is 2.48. The normalized spacial score (nSPS) is 19.6. The Kier molecular flexibility index (Phi) is 3.48. The maximum absolute atomic E-state index is 12.6. The van der Waals surface area contributed by atoms with Crippen LogP contribution in [0.5, 0.6) is 0 Å². The van der Waals surface area contributed by atoms with Crippen molar-refractivity contribution in [1.82, 2.24) is 19.2 Å². The number of aryl methyl sites for hydroxylation is 2. The SMILES string of the molecule is Cc1sc2nc(Cn3nc(Cl)cc3C)cc(=O)n2c1C1CC1C#N. The molecule has 0 saturated heterocycles. The van der Waals surface area contributed by atoms with Gasteiger partial charge in [-0.05, 0) is 26.3 Å². The van der Waals surface area contributed by atoms with Crippen molar-refractivity contribution in [2.24, 2.45) is 5.92 Å². The van der Waals surface area contributed by atoms with E-state index in [0.717, 1.165) is 22.7 Å². The van der Waals surface area contributed by atoms with Crippen LogP contribution in [-0.2, 0) is 6.54 Å². The highest BCUT2D eigenvalue weighted by Gasteiger charge is 2.42. The second kappa shape index (κ2) is 5.43. The van der Waals surface area contributed by atoms with Gasteiger partial charge < -0.3 is 0 Å². The average Bonchev–Trinajstić information content (AvgIpc) is 3.11. The third-order valence-electron chi connectivity index (χ3n) is 4.36. The lowest BCUT2D eigenvalue weighted by molar-refractivity contribution is 0.651. The van der Waals surface area contributed by atoms with Crippen LogP contribution in [0.4, 0.5) is 0 Å². The molecule has 1 saturated carbocycles. The van der Waals surface area contributed by atoms with Crippen molar-refractivity contribution in [1.29, 1.82) is 5.26 Å². The zero-order valence-electron chi connectivity index (χ0n) is 13.2. The predicted octanol–water partition coefficient (Wildman–Crippen LogP) is 2.90. The van der Waals surface area contributed by atoms with Gasteiger partial charge in [0.05, 0.1) is 24.2 Å². The van der Waals surface area contributed by atoms with E-state index in [9.17, 15) is 4.79 Å². The van der Waals surface area contributed by atoms with Gasteiger partial charge in [-0.3, -0.25) is 13.9 Å². The summed E-state index contributed by atoms with van der Waals surface area (Å²) < 4.78 is 3.39. The molecular weight excluding hydrogens is 346 g/mol. The van der Waals surface area contributed by atoms with Crippen molar-refractivity contribution in [2.45, 2.75) is 32.7 Å². The van der Waals surface area contributed by atoms with E-state index in [1.54, 1.807) is 21.2 Å². The van der Waals surface area contributed by atoms with E-state index in [1.165, 1.54) is 11.3 Å². The zero-order chi connectivity index (χ0) is 17.0. The fourth-order valence-electron chi connectivity index (χ4n) is 3.07. The summed E-state index contributed by atoms with van der Waals surface area (Å²) in [6.07, 6.45) is 0.822. The number of nitrogens with zero attached hydrogens (tertiary/aromatic N) is 5. The number of thiazole rings is 1. The number of fused-ring (bicyclic) bond motifs is 1. The minimum Gasteiger partial charge on any atom is -0.269 e. The molecule has 8 heteroatoms. The van der Waals surface area contributed by atoms with E-state index in [1.807, 2.05) is 13.8 Å². The van der Waals surface area contributed by atoms with Gasteiger partial charge in [0.25, 0.3) is 5.56 Å². The van der Waals surface area contributed by atoms with E-state index in [0.29, 0.717) is 22.4 Å². The lowest BCUT2D eigenvalue weighted by Crippen LogP contribution is -2.18. The maximum atomic E-state index is 12.6. The summed E-state index contributed by atoms with van der Waals surface area (Å²) in [5.41, 5.74) is 2.42. The summed E-state index contributed by atoms with van der Waals surface area (Å²) in [6.45, 7) is 4.30. The highest BCUT2D eigenvalue weighted by molar-refractivity contribution is 7.17. The minimum atomic E-state index is -0.103. The molecule has 6 nitrogen and oxygen atoms in total. The maximum Gasteiger partial charge on any atom is 0.259 e. The number of nitriles is 1. The van der Waals surface area contributed by atoms with Crippen LogP contribution in [0.2, 0.25) is 5.15 Å². The van der Waals surface area contributed by atoms with Gasteiger partial charge in [0.2, 0.25) is 0 Å². The van der Waals surface area contributed by atoms with Crippen LogP contribution < -0.4 is 5.56 Å². The molecule has 3 aromatic rings. The lowest BCUT2D eigenvalue weighted by Gasteiger charge is -2.05. The van der Waals surface area contributed by atoms with E-state index in [-0.39, 0.29) is 17.4 Å².